The Morgan fingerprint density at radius 1 is 1.50 bits per heavy atom. The van der Waals surface area contributed by atoms with Crippen LogP contribution < -0.4 is 10.2 Å². The fourth-order valence-corrected chi connectivity index (χ4v) is 3.19. The number of anilines is 1. The summed E-state index contributed by atoms with van der Waals surface area (Å²) in [5.74, 6) is 1.63. The summed E-state index contributed by atoms with van der Waals surface area (Å²) >= 11 is 0. The van der Waals surface area contributed by atoms with Gasteiger partial charge in [-0.3, -0.25) is 4.79 Å². The van der Waals surface area contributed by atoms with Crippen molar-refractivity contribution in [2.75, 3.05) is 18.0 Å². The molecule has 3 heterocycles. The largest absolute Gasteiger partial charge is 0.389 e. The molecule has 1 aromatic rings. The lowest BCUT2D eigenvalue weighted by molar-refractivity contribution is -0.124. The highest BCUT2D eigenvalue weighted by atomic mass is 16.3. The first-order valence-electron chi connectivity index (χ1n) is 7.32. The SMILES string of the molecule is CC(O)c1ccnc(N2CCC3NC(=O)CCC3C2)c1. The predicted octanol–water partition coefficient (Wildman–Crippen LogP) is 1.24. The Bertz CT molecular complexity index is 504. The Labute approximate surface area is 119 Å². The number of hydrogen-bond donors (Lipinski definition) is 2. The van der Waals surface area contributed by atoms with Crippen molar-refractivity contribution in [3.05, 3.63) is 23.9 Å². The molecule has 2 N–H and O–H groups in total. The van der Waals surface area contributed by atoms with Crippen LogP contribution >= 0.6 is 0 Å². The van der Waals surface area contributed by atoms with E-state index < -0.39 is 6.10 Å². The molecule has 3 rings (SSSR count). The number of hydrogen-bond acceptors (Lipinski definition) is 4. The number of amides is 1. The first-order valence-corrected chi connectivity index (χ1v) is 7.32. The number of piperidine rings is 2. The molecular weight excluding hydrogens is 254 g/mol. The Kier molecular flexibility index (Phi) is 3.61. The van der Waals surface area contributed by atoms with E-state index in [1.807, 2.05) is 12.1 Å². The molecule has 0 bridgehead atoms. The highest BCUT2D eigenvalue weighted by Crippen LogP contribution is 2.28. The van der Waals surface area contributed by atoms with Crippen LogP contribution in [0.5, 0.6) is 0 Å². The molecule has 2 saturated heterocycles. The maximum atomic E-state index is 11.4. The van der Waals surface area contributed by atoms with Crippen molar-refractivity contribution < 1.29 is 9.90 Å². The van der Waals surface area contributed by atoms with E-state index in [1.54, 1.807) is 13.1 Å². The van der Waals surface area contributed by atoms with Gasteiger partial charge in [0.25, 0.3) is 0 Å². The summed E-state index contributed by atoms with van der Waals surface area (Å²) in [6.45, 7) is 3.60. The quantitative estimate of drug-likeness (QED) is 0.852. The number of nitrogens with one attached hydrogen (secondary N) is 1. The first-order chi connectivity index (χ1) is 9.63. The molecule has 3 atom stereocenters. The summed E-state index contributed by atoms with van der Waals surface area (Å²) in [5.41, 5.74) is 0.897. The number of fused-ring (bicyclic) bond motifs is 1. The molecule has 0 aliphatic carbocycles. The van der Waals surface area contributed by atoms with Crippen molar-refractivity contribution in [2.24, 2.45) is 5.92 Å². The molecule has 2 aliphatic heterocycles. The van der Waals surface area contributed by atoms with Gasteiger partial charge in [0.1, 0.15) is 5.82 Å². The lowest BCUT2D eigenvalue weighted by Gasteiger charge is -2.42. The zero-order chi connectivity index (χ0) is 14.1. The van der Waals surface area contributed by atoms with Crippen LogP contribution in [0.3, 0.4) is 0 Å². The van der Waals surface area contributed by atoms with Crippen LogP contribution in [-0.4, -0.2) is 35.1 Å². The minimum Gasteiger partial charge on any atom is -0.389 e. The molecule has 3 unspecified atom stereocenters. The number of nitrogens with zero attached hydrogens (tertiary/aromatic N) is 2. The van der Waals surface area contributed by atoms with E-state index in [9.17, 15) is 9.90 Å². The third-order valence-electron chi connectivity index (χ3n) is 4.40. The number of rotatable bonds is 2. The number of carbonyl (C=O) groups excluding carboxylic acids is 1. The molecule has 0 spiro atoms. The lowest BCUT2D eigenvalue weighted by atomic mass is 9.85. The summed E-state index contributed by atoms with van der Waals surface area (Å²) in [6, 6.07) is 4.14. The molecular formula is C15H21N3O2. The van der Waals surface area contributed by atoms with Crippen molar-refractivity contribution in [2.45, 2.75) is 38.3 Å². The van der Waals surface area contributed by atoms with E-state index in [-0.39, 0.29) is 5.91 Å². The van der Waals surface area contributed by atoms with Gasteiger partial charge in [0.05, 0.1) is 6.10 Å². The highest BCUT2D eigenvalue weighted by molar-refractivity contribution is 5.77. The van der Waals surface area contributed by atoms with Gasteiger partial charge in [0, 0.05) is 31.7 Å². The minimum absolute atomic E-state index is 0.189. The average Bonchev–Trinajstić information content (AvgIpc) is 2.47. The van der Waals surface area contributed by atoms with Gasteiger partial charge in [-0.15, -0.1) is 0 Å². The summed E-state index contributed by atoms with van der Waals surface area (Å²) in [4.78, 5) is 18.1. The number of pyridine rings is 1. The second-order valence-electron chi connectivity index (χ2n) is 5.83. The van der Waals surface area contributed by atoms with E-state index in [1.165, 1.54) is 0 Å². The standard InChI is InChI=1S/C15H21N3O2/c1-10(19)11-4-6-16-14(8-11)18-7-5-13-12(9-18)2-3-15(20)17-13/h4,6,8,10,12-13,19H,2-3,5,7,9H2,1H3,(H,17,20). The monoisotopic (exact) mass is 275 g/mol. The molecule has 108 valence electrons. The van der Waals surface area contributed by atoms with E-state index >= 15 is 0 Å². The predicted molar refractivity (Wildman–Crippen MR) is 76.4 cm³/mol. The molecule has 5 heteroatoms. The third-order valence-corrected chi connectivity index (χ3v) is 4.40. The molecule has 1 amide bonds. The second kappa shape index (κ2) is 5.40. The fourth-order valence-electron chi connectivity index (χ4n) is 3.19. The second-order valence-corrected chi connectivity index (χ2v) is 5.83. The maximum Gasteiger partial charge on any atom is 0.220 e. The lowest BCUT2D eigenvalue weighted by Crippen LogP contribution is -2.54. The fraction of sp³-hybridized carbons (Fsp3) is 0.600. The van der Waals surface area contributed by atoms with Gasteiger partial charge < -0.3 is 15.3 Å². The minimum atomic E-state index is -0.469. The van der Waals surface area contributed by atoms with Crippen molar-refractivity contribution in [1.29, 1.82) is 0 Å². The van der Waals surface area contributed by atoms with Gasteiger partial charge in [-0.05, 0) is 43.4 Å². The van der Waals surface area contributed by atoms with Gasteiger partial charge >= 0.3 is 0 Å². The number of aliphatic hydroxyl groups excluding tert-OH is 1. The van der Waals surface area contributed by atoms with Gasteiger partial charge in [-0.25, -0.2) is 4.98 Å². The van der Waals surface area contributed by atoms with Gasteiger partial charge in [-0.2, -0.15) is 0 Å². The summed E-state index contributed by atoms with van der Waals surface area (Å²) in [5, 5.41) is 12.8. The van der Waals surface area contributed by atoms with Crippen LogP contribution in [0.15, 0.2) is 18.3 Å². The molecule has 2 fully saturated rings. The number of aliphatic hydroxyl groups is 1. The third kappa shape index (κ3) is 2.63. The molecule has 20 heavy (non-hydrogen) atoms. The van der Waals surface area contributed by atoms with Crippen molar-refractivity contribution in [3.8, 4) is 0 Å². The Hall–Kier alpha value is -1.62. The Morgan fingerprint density at radius 2 is 2.35 bits per heavy atom. The summed E-state index contributed by atoms with van der Waals surface area (Å²) < 4.78 is 0. The zero-order valence-corrected chi connectivity index (χ0v) is 11.7. The first kappa shape index (κ1) is 13.4. The number of carbonyl (C=O) groups is 1. The van der Waals surface area contributed by atoms with Crippen LogP contribution in [0.2, 0.25) is 0 Å². The topological polar surface area (TPSA) is 65.5 Å². The van der Waals surface area contributed by atoms with Crippen molar-refractivity contribution in [1.82, 2.24) is 10.3 Å². The summed E-state index contributed by atoms with van der Waals surface area (Å²) in [6.07, 6.45) is 3.85. The van der Waals surface area contributed by atoms with Gasteiger partial charge in [-0.1, -0.05) is 0 Å². The molecule has 0 saturated carbocycles. The van der Waals surface area contributed by atoms with Crippen LogP contribution in [-0.2, 0) is 4.79 Å². The molecule has 0 aromatic carbocycles. The van der Waals surface area contributed by atoms with Crippen LogP contribution in [0.1, 0.15) is 37.9 Å². The van der Waals surface area contributed by atoms with E-state index in [4.69, 9.17) is 0 Å². The van der Waals surface area contributed by atoms with Crippen LogP contribution in [0.4, 0.5) is 5.82 Å². The zero-order valence-electron chi connectivity index (χ0n) is 11.7. The average molecular weight is 275 g/mol. The van der Waals surface area contributed by atoms with E-state index in [0.29, 0.717) is 18.4 Å². The van der Waals surface area contributed by atoms with E-state index in [0.717, 1.165) is 37.3 Å². The van der Waals surface area contributed by atoms with Crippen LogP contribution in [0, 0.1) is 5.92 Å². The number of aromatic nitrogens is 1. The molecule has 1 aromatic heterocycles. The van der Waals surface area contributed by atoms with Gasteiger partial charge in [0.15, 0.2) is 0 Å². The normalized spacial score (nSPS) is 27.7. The Balaban J connectivity index is 1.73. The highest BCUT2D eigenvalue weighted by Gasteiger charge is 2.34. The van der Waals surface area contributed by atoms with Gasteiger partial charge in [0.2, 0.25) is 5.91 Å². The van der Waals surface area contributed by atoms with Crippen LogP contribution in [0.25, 0.3) is 0 Å². The smallest absolute Gasteiger partial charge is 0.220 e. The van der Waals surface area contributed by atoms with E-state index in [2.05, 4.69) is 15.2 Å². The van der Waals surface area contributed by atoms with Crippen molar-refractivity contribution >= 4 is 11.7 Å². The Morgan fingerprint density at radius 3 is 3.15 bits per heavy atom. The molecule has 0 radical (unpaired) electrons. The van der Waals surface area contributed by atoms with Crippen molar-refractivity contribution in [3.63, 3.8) is 0 Å². The maximum absolute atomic E-state index is 11.4. The summed E-state index contributed by atoms with van der Waals surface area (Å²) in [7, 11) is 0. The molecule has 2 aliphatic rings. The molecule has 5 nitrogen and oxygen atoms in total.